The lowest BCUT2D eigenvalue weighted by Crippen LogP contribution is -2.33. The minimum absolute atomic E-state index is 0.0252. The number of amides is 1. The lowest BCUT2D eigenvalue weighted by molar-refractivity contribution is -0.134. The predicted octanol–water partition coefficient (Wildman–Crippen LogP) is 3.16. The molecule has 22 heavy (non-hydrogen) atoms. The molecule has 2 rings (SSSR count). The van der Waals surface area contributed by atoms with Crippen LogP contribution < -0.4 is 4.74 Å². The van der Waals surface area contributed by atoms with Gasteiger partial charge in [-0.3, -0.25) is 4.79 Å². The maximum absolute atomic E-state index is 12.2. The number of ether oxygens (including phenoxy) is 1. The molecule has 0 unspecified atom stereocenters. The number of carbonyl (C=O) groups excluding carboxylic acids is 1. The van der Waals surface area contributed by atoms with E-state index in [0.717, 1.165) is 5.56 Å². The van der Waals surface area contributed by atoms with Crippen molar-refractivity contribution in [1.82, 2.24) is 4.90 Å². The van der Waals surface area contributed by atoms with Crippen LogP contribution in [0.15, 0.2) is 54.6 Å². The first-order valence-electron chi connectivity index (χ1n) is 7.05. The highest BCUT2D eigenvalue weighted by Crippen LogP contribution is 2.19. The van der Waals surface area contributed by atoms with Crippen LogP contribution in [0, 0.1) is 11.3 Å². The van der Waals surface area contributed by atoms with Crippen LogP contribution >= 0.6 is 0 Å². The number of likely N-dealkylation sites (N-methyl/N-ethyl adjacent to an activating group) is 1. The van der Waals surface area contributed by atoms with Gasteiger partial charge in [-0.15, -0.1) is 0 Å². The van der Waals surface area contributed by atoms with Gasteiger partial charge < -0.3 is 9.64 Å². The third kappa shape index (κ3) is 3.86. The van der Waals surface area contributed by atoms with E-state index >= 15 is 0 Å². The SMILES string of the molecule is C[C@H](c1ccccc1)N(C)C(=O)COc1cccc(C#N)c1. The first-order chi connectivity index (χ1) is 10.6. The number of rotatable bonds is 5. The largest absolute Gasteiger partial charge is 0.484 e. The molecule has 0 N–H and O–H groups in total. The zero-order valence-corrected chi connectivity index (χ0v) is 12.7. The normalized spacial score (nSPS) is 11.3. The summed E-state index contributed by atoms with van der Waals surface area (Å²) in [6.45, 7) is 1.92. The standard InChI is InChI=1S/C18H18N2O2/c1-14(16-8-4-3-5-9-16)20(2)18(21)13-22-17-10-6-7-15(11-17)12-19/h3-11,14H,13H2,1-2H3/t14-/m1/s1. The molecule has 2 aromatic rings. The monoisotopic (exact) mass is 294 g/mol. The van der Waals surface area contributed by atoms with Crippen LogP contribution in [0.4, 0.5) is 0 Å². The van der Waals surface area contributed by atoms with E-state index in [9.17, 15) is 4.79 Å². The van der Waals surface area contributed by atoms with Crippen LogP contribution in [-0.2, 0) is 4.79 Å². The molecular formula is C18H18N2O2. The lowest BCUT2D eigenvalue weighted by Gasteiger charge is -2.25. The Kier molecular flexibility index (Phi) is 5.16. The van der Waals surface area contributed by atoms with Gasteiger partial charge in [0, 0.05) is 7.05 Å². The third-order valence-corrected chi connectivity index (χ3v) is 3.58. The second-order valence-electron chi connectivity index (χ2n) is 5.02. The van der Waals surface area contributed by atoms with Gasteiger partial charge >= 0.3 is 0 Å². The highest BCUT2D eigenvalue weighted by Gasteiger charge is 2.17. The van der Waals surface area contributed by atoms with Gasteiger partial charge in [-0.05, 0) is 30.7 Å². The van der Waals surface area contributed by atoms with Gasteiger partial charge in [0.1, 0.15) is 5.75 Å². The molecule has 0 aliphatic heterocycles. The molecule has 0 radical (unpaired) electrons. The average molecular weight is 294 g/mol. The van der Waals surface area contributed by atoms with Gasteiger partial charge in [0.2, 0.25) is 0 Å². The second-order valence-corrected chi connectivity index (χ2v) is 5.02. The third-order valence-electron chi connectivity index (χ3n) is 3.58. The summed E-state index contributed by atoms with van der Waals surface area (Å²) < 4.78 is 5.48. The Morgan fingerprint density at radius 1 is 1.23 bits per heavy atom. The first-order valence-corrected chi connectivity index (χ1v) is 7.05. The van der Waals surface area contributed by atoms with E-state index < -0.39 is 0 Å². The van der Waals surface area contributed by atoms with Gasteiger partial charge in [0.25, 0.3) is 5.91 Å². The molecule has 0 aromatic heterocycles. The molecule has 0 heterocycles. The number of carbonyl (C=O) groups is 1. The van der Waals surface area contributed by atoms with Crippen LogP contribution in [0.5, 0.6) is 5.75 Å². The second kappa shape index (κ2) is 7.28. The van der Waals surface area contributed by atoms with E-state index in [1.807, 2.05) is 43.3 Å². The van der Waals surface area contributed by atoms with Crippen molar-refractivity contribution in [3.8, 4) is 11.8 Å². The van der Waals surface area contributed by atoms with E-state index in [1.165, 1.54) is 0 Å². The van der Waals surface area contributed by atoms with Gasteiger partial charge in [0.15, 0.2) is 6.61 Å². The number of hydrogen-bond donors (Lipinski definition) is 0. The minimum atomic E-state index is -0.112. The summed E-state index contributed by atoms with van der Waals surface area (Å²) in [5.74, 6) is 0.409. The number of hydrogen-bond acceptors (Lipinski definition) is 3. The Morgan fingerprint density at radius 3 is 2.64 bits per heavy atom. The van der Waals surface area contributed by atoms with Crippen molar-refractivity contribution < 1.29 is 9.53 Å². The van der Waals surface area contributed by atoms with Crippen LogP contribution in [0.1, 0.15) is 24.1 Å². The molecule has 0 bridgehead atoms. The summed E-state index contributed by atoms with van der Waals surface area (Å²) in [6.07, 6.45) is 0. The maximum atomic E-state index is 12.2. The lowest BCUT2D eigenvalue weighted by atomic mass is 10.1. The van der Waals surface area contributed by atoms with Gasteiger partial charge in [0.05, 0.1) is 17.7 Å². The van der Waals surface area contributed by atoms with E-state index in [1.54, 1.807) is 36.2 Å². The highest BCUT2D eigenvalue weighted by atomic mass is 16.5. The molecule has 112 valence electrons. The summed E-state index contributed by atoms with van der Waals surface area (Å²) in [7, 11) is 1.76. The molecule has 1 atom stereocenters. The molecule has 1 amide bonds. The Morgan fingerprint density at radius 2 is 1.95 bits per heavy atom. The van der Waals surface area contributed by atoms with Crippen molar-refractivity contribution in [1.29, 1.82) is 5.26 Å². The van der Waals surface area contributed by atoms with Gasteiger partial charge in [-0.2, -0.15) is 5.26 Å². The summed E-state index contributed by atoms with van der Waals surface area (Å²) in [5, 5.41) is 8.85. The number of nitrogens with zero attached hydrogens (tertiary/aromatic N) is 2. The molecule has 0 aliphatic carbocycles. The van der Waals surface area contributed by atoms with E-state index in [-0.39, 0.29) is 18.6 Å². The van der Waals surface area contributed by atoms with Crippen molar-refractivity contribution >= 4 is 5.91 Å². The summed E-state index contributed by atoms with van der Waals surface area (Å²) in [4.78, 5) is 13.9. The smallest absolute Gasteiger partial charge is 0.260 e. The molecular weight excluding hydrogens is 276 g/mol. The highest BCUT2D eigenvalue weighted by molar-refractivity contribution is 5.78. The Labute approximate surface area is 130 Å². The molecule has 0 spiro atoms. The van der Waals surface area contributed by atoms with Crippen LogP contribution in [-0.4, -0.2) is 24.5 Å². The van der Waals surface area contributed by atoms with Crippen molar-refractivity contribution in [2.75, 3.05) is 13.7 Å². The van der Waals surface area contributed by atoms with Crippen molar-refractivity contribution in [3.05, 3.63) is 65.7 Å². The predicted molar refractivity (Wildman–Crippen MR) is 84.3 cm³/mol. The zero-order chi connectivity index (χ0) is 15.9. The Bertz CT molecular complexity index is 677. The average Bonchev–Trinajstić information content (AvgIpc) is 2.59. The molecule has 0 saturated heterocycles. The van der Waals surface area contributed by atoms with Crippen molar-refractivity contribution in [2.45, 2.75) is 13.0 Å². The van der Waals surface area contributed by atoms with E-state index in [2.05, 4.69) is 0 Å². The van der Waals surface area contributed by atoms with Crippen LogP contribution in [0.3, 0.4) is 0 Å². The maximum Gasteiger partial charge on any atom is 0.260 e. The summed E-state index contributed by atoms with van der Waals surface area (Å²) in [6, 6.07) is 18.6. The van der Waals surface area contributed by atoms with Crippen molar-refractivity contribution in [2.24, 2.45) is 0 Å². The van der Waals surface area contributed by atoms with Crippen molar-refractivity contribution in [3.63, 3.8) is 0 Å². The first kappa shape index (κ1) is 15.6. The fourth-order valence-corrected chi connectivity index (χ4v) is 2.07. The molecule has 0 aliphatic rings. The molecule has 4 heteroatoms. The molecule has 4 nitrogen and oxygen atoms in total. The fraction of sp³-hybridized carbons (Fsp3) is 0.222. The molecule has 2 aromatic carbocycles. The Balaban J connectivity index is 1.95. The summed E-state index contributed by atoms with van der Waals surface area (Å²) >= 11 is 0. The molecule has 0 fully saturated rings. The van der Waals surface area contributed by atoms with E-state index in [0.29, 0.717) is 11.3 Å². The number of nitriles is 1. The minimum Gasteiger partial charge on any atom is -0.484 e. The summed E-state index contributed by atoms with van der Waals surface area (Å²) in [5.41, 5.74) is 1.58. The molecule has 0 saturated carbocycles. The quantitative estimate of drug-likeness (QED) is 0.851. The topological polar surface area (TPSA) is 53.3 Å². The zero-order valence-electron chi connectivity index (χ0n) is 12.7. The fourth-order valence-electron chi connectivity index (χ4n) is 2.07. The van der Waals surface area contributed by atoms with E-state index in [4.69, 9.17) is 10.00 Å². The van der Waals surface area contributed by atoms with Crippen LogP contribution in [0.25, 0.3) is 0 Å². The van der Waals surface area contributed by atoms with Crippen LogP contribution in [0.2, 0.25) is 0 Å². The van der Waals surface area contributed by atoms with Gasteiger partial charge in [-0.25, -0.2) is 0 Å². The number of benzene rings is 2. The Hall–Kier alpha value is -2.80. The van der Waals surface area contributed by atoms with Gasteiger partial charge in [-0.1, -0.05) is 36.4 Å².